The lowest BCUT2D eigenvalue weighted by Crippen LogP contribution is -2.46. The average molecular weight is 605 g/mol. The maximum Gasteiger partial charge on any atom is 0.338 e. The fourth-order valence-electron chi connectivity index (χ4n) is 3.36. The summed E-state index contributed by atoms with van der Waals surface area (Å²) in [6.45, 7) is 0.0893. The van der Waals surface area contributed by atoms with E-state index in [1.807, 2.05) is 0 Å². The van der Waals surface area contributed by atoms with Gasteiger partial charge >= 0.3 is 6.03 Å². The molecule has 10 nitrogen and oxygen atoms in total. The molecule has 1 heterocycles. The van der Waals surface area contributed by atoms with Gasteiger partial charge in [0.15, 0.2) is 15.8 Å². The number of ether oxygens (including phenoxy) is 2. The molecular weight excluding hydrogens is 587 g/mol. The number of hydrogen-bond donors (Lipinski definition) is 2. The second-order valence-electron chi connectivity index (χ2n) is 7.84. The van der Waals surface area contributed by atoms with Crippen molar-refractivity contribution < 1.29 is 24.0 Å². The van der Waals surface area contributed by atoms with E-state index in [1.165, 1.54) is 31.4 Å². The summed E-state index contributed by atoms with van der Waals surface area (Å²) in [7, 11) is 1.47. The number of rotatable bonds is 8. The molecule has 0 aromatic heterocycles. The van der Waals surface area contributed by atoms with Gasteiger partial charge in [0.1, 0.15) is 6.61 Å². The molecule has 1 saturated heterocycles. The molecule has 0 unspecified atom stereocenters. The van der Waals surface area contributed by atoms with Gasteiger partial charge in [-0.05, 0) is 59.8 Å². The van der Waals surface area contributed by atoms with E-state index < -0.39 is 16.9 Å². The van der Waals surface area contributed by atoms with Crippen molar-refractivity contribution in [3.8, 4) is 11.5 Å². The van der Waals surface area contributed by atoms with Crippen LogP contribution in [-0.4, -0.2) is 33.3 Å². The lowest BCUT2D eigenvalue weighted by molar-refractivity contribution is -0.384. The number of halogens is 2. The van der Waals surface area contributed by atoms with Crippen LogP contribution < -0.4 is 20.2 Å². The van der Waals surface area contributed by atoms with E-state index in [2.05, 4.69) is 10.7 Å². The van der Waals surface area contributed by atoms with Crippen molar-refractivity contribution in [1.29, 1.82) is 0 Å². The first kappa shape index (κ1) is 28.2. The summed E-state index contributed by atoms with van der Waals surface area (Å²) >= 11 is 18.1. The number of non-ortho nitro benzene ring substituents is 1. The van der Waals surface area contributed by atoms with Crippen molar-refractivity contribution in [2.45, 2.75) is 6.61 Å². The molecule has 0 radical (unpaired) electrons. The summed E-state index contributed by atoms with van der Waals surface area (Å²) < 4.78 is 11.4. The molecule has 0 bridgehead atoms. The first-order chi connectivity index (χ1) is 18.6. The van der Waals surface area contributed by atoms with Gasteiger partial charge in [0.25, 0.3) is 11.6 Å². The Hall–Kier alpha value is -3.84. The van der Waals surface area contributed by atoms with Gasteiger partial charge in [-0.25, -0.2) is 10.2 Å². The number of urea groups is 1. The summed E-state index contributed by atoms with van der Waals surface area (Å²) in [6.07, 6.45) is 1.60. The smallest absolute Gasteiger partial charge is 0.338 e. The predicted molar refractivity (Wildman–Crippen MR) is 154 cm³/mol. The number of thioether (sulfide) groups is 1. The number of nitrogens with zero attached hydrogens (tertiary/aromatic N) is 2. The largest absolute Gasteiger partial charge is 0.493 e. The van der Waals surface area contributed by atoms with Gasteiger partial charge in [-0.1, -0.05) is 53.2 Å². The number of nitrogens with one attached hydrogen (secondary N) is 2. The highest BCUT2D eigenvalue weighted by Gasteiger charge is 2.33. The minimum atomic E-state index is -0.696. The highest BCUT2D eigenvalue weighted by Crippen LogP contribution is 2.34. The Morgan fingerprint density at radius 3 is 2.64 bits per heavy atom. The number of benzene rings is 3. The fourth-order valence-corrected chi connectivity index (χ4v) is 4.84. The number of hydrazine groups is 1. The fraction of sp³-hybridized carbons (Fsp3) is 0.0800. The molecule has 3 amide bonds. The number of carbonyl (C=O) groups excluding carboxylic acids is 2. The topological polar surface area (TPSA) is 123 Å². The first-order valence-electron chi connectivity index (χ1n) is 11.0. The molecule has 3 aromatic rings. The SMILES string of the molecule is COc1cc(/C=C2/SC(=S)N(NC(=O)Nc3ccc(Cl)c(Cl)c3)C2=O)ccc1OCc1cccc([N+](=O)[O-])c1. The standard InChI is InChI=1S/C25H18Cl2N4O6S2/c1-36-21-10-14(5-8-20(21)37-13-15-3-2-4-17(9-15)31(34)35)11-22-23(32)30(25(38)39-22)29-24(33)28-16-6-7-18(26)19(27)12-16/h2-12H,13H2,1H3,(H2,28,29,33)/b22-11+. The highest BCUT2D eigenvalue weighted by atomic mass is 35.5. The zero-order chi connectivity index (χ0) is 28.1. The van der Waals surface area contributed by atoms with Crippen LogP contribution in [0.25, 0.3) is 6.08 Å². The van der Waals surface area contributed by atoms with Crippen LogP contribution in [0.1, 0.15) is 11.1 Å². The Morgan fingerprint density at radius 1 is 1.13 bits per heavy atom. The second kappa shape index (κ2) is 12.3. The number of amides is 3. The zero-order valence-corrected chi connectivity index (χ0v) is 23.1. The Bertz CT molecular complexity index is 1520. The molecule has 200 valence electrons. The van der Waals surface area contributed by atoms with Gasteiger partial charge in [-0.15, -0.1) is 0 Å². The van der Waals surface area contributed by atoms with E-state index in [4.69, 9.17) is 44.9 Å². The molecule has 1 aliphatic heterocycles. The number of nitro benzene ring substituents is 1. The number of hydrogen-bond acceptors (Lipinski definition) is 8. The van der Waals surface area contributed by atoms with Gasteiger partial charge in [0, 0.05) is 17.8 Å². The van der Waals surface area contributed by atoms with E-state index in [9.17, 15) is 19.7 Å². The van der Waals surface area contributed by atoms with Gasteiger partial charge in [0.05, 0.1) is 27.0 Å². The first-order valence-corrected chi connectivity index (χ1v) is 13.0. The van der Waals surface area contributed by atoms with Crippen LogP contribution in [0.5, 0.6) is 11.5 Å². The van der Waals surface area contributed by atoms with Crippen molar-refractivity contribution in [2.75, 3.05) is 12.4 Å². The normalized spacial score (nSPS) is 13.9. The lowest BCUT2D eigenvalue weighted by Gasteiger charge is -2.16. The van der Waals surface area contributed by atoms with Crippen LogP contribution in [0.2, 0.25) is 10.0 Å². The molecule has 1 fully saturated rings. The third kappa shape index (κ3) is 6.98. The summed E-state index contributed by atoms with van der Waals surface area (Å²) in [6, 6.07) is 15.0. The summed E-state index contributed by atoms with van der Waals surface area (Å²) in [5.41, 5.74) is 4.01. The molecule has 0 aliphatic carbocycles. The molecule has 4 rings (SSSR count). The molecular formula is C25H18Cl2N4O6S2. The molecule has 0 atom stereocenters. The van der Waals surface area contributed by atoms with Crippen LogP contribution >= 0.6 is 47.2 Å². The number of nitro groups is 1. The van der Waals surface area contributed by atoms with Crippen molar-refractivity contribution >= 4 is 80.9 Å². The van der Waals surface area contributed by atoms with Crippen molar-refractivity contribution in [2.24, 2.45) is 0 Å². The number of carbonyl (C=O) groups is 2. The van der Waals surface area contributed by atoms with Crippen LogP contribution in [0.15, 0.2) is 65.6 Å². The van der Waals surface area contributed by atoms with E-state index in [-0.39, 0.29) is 26.5 Å². The zero-order valence-electron chi connectivity index (χ0n) is 20.0. The quantitative estimate of drug-likeness (QED) is 0.130. The number of anilines is 1. The third-order valence-electron chi connectivity index (χ3n) is 5.19. The maximum atomic E-state index is 12.9. The summed E-state index contributed by atoms with van der Waals surface area (Å²) in [5, 5.41) is 15.1. The molecule has 2 N–H and O–H groups in total. The van der Waals surface area contributed by atoms with Gasteiger partial charge < -0.3 is 14.8 Å². The Balaban J connectivity index is 1.42. The molecule has 0 saturated carbocycles. The molecule has 39 heavy (non-hydrogen) atoms. The lowest BCUT2D eigenvalue weighted by atomic mass is 10.1. The van der Waals surface area contributed by atoms with E-state index >= 15 is 0 Å². The van der Waals surface area contributed by atoms with Crippen molar-refractivity contribution in [3.63, 3.8) is 0 Å². The monoisotopic (exact) mass is 604 g/mol. The van der Waals surface area contributed by atoms with Crippen molar-refractivity contribution in [1.82, 2.24) is 10.4 Å². The van der Waals surface area contributed by atoms with Gasteiger partial charge in [-0.2, -0.15) is 5.01 Å². The number of methoxy groups -OCH3 is 1. The average Bonchev–Trinajstić information content (AvgIpc) is 3.17. The van der Waals surface area contributed by atoms with E-state index in [0.29, 0.717) is 33.3 Å². The maximum absolute atomic E-state index is 12.9. The summed E-state index contributed by atoms with van der Waals surface area (Å²) in [5.74, 6) is 0.289. The minimum Gasteiger partial charge on any atom is -0.493 e. The minimum absolute atomic E-state index is 0.0305. The van der Waals surface area contributed by atoms with E-state index in [0.717, 1.165) is 16.8 Å². The highest BCUT2D eigenvalue weighted by molar-refractivity contribution is 8.26. The second-order valence-corrected chi connectivity index (χ2v) is 10.3. The Kier molecular flexibility index (Phi) is 8.92. The Labute approximate surface area is 242 Å². The van der Waals surface area contributed by atoms with E-state index in [1.54, 1.807) is 42.5 Å². The Morgan fingerprint density at radius 2 is 1.92 bits per heavy atom. The molecule has 0 spiro atoms. The molecule has 14 heteroatoms. The third-order valence-corrected chi connectivity index (χ3v) is 7.23. The van der Waals surface area contributed by atoms with Crippen LogP contribution in [-0.2, 0) is 11.4 Å². The van der Waals surface area contributed by atoms with Crippen LogP contribution in [0, 0.1) is 10.1 Å². The van der Waals surface area contributed by atoms with Crippen molar-refractivity contribution in [3.05, 3.63) is 96.9 Å². The number of thiocarbonyl (C=S) groups is 1. The van der Waals surface area contributed by atoms with Gasteiger partial charge in [0.2, 0.25) is 0 Å². The molecule has 1 aliphatic rings. The van der Waals surface area contributed by atoms with Crippen LogP contribution in [0.4, 0.5) is 16.2 Å². The predicted octanol–water partition coefficient (Wildman–Crippen LogP) is 6.43. The van der Waals surface area contributed by atoms with Crippen LogP contribution in [0.3, 0.4) is 0 Å². The summed E-state index contributed by atoms with van der Waals surface area (Å²) in [4.78, 5) is 36.1. The van der Waals surface area contributed by atoms with Gasteiger partial charge in [-0.3, -0.25) is 14.9 Å². The molecule has 3 aromatic carbocycles.